The largest absolute Gasteiger partial charge is 0.487 e. The maximum Gasteiger partial charge on any atom is 0.335 e. The van der Waals surface area contributed by atoms with Gasteiger partial charge in [0.1, 0.15) is 12.4 Å². The molecule has 0 spiro atoms. The smallest absolute Gasteiger partial charge is 0.335 e. The average molecular weight is 577 g/mol. The Balaban J connectivity index is 1.54. The van der Waals surface area contributed by atoms with Crippen LogP contribution in [0.5, 0.6) is 5.75 Å². The fraction of sp³-hybridized carbons (Fsp3) is 0.483. The van der Waals surface area contributed by atoms with Crippen molar-refractivity contribution < 1.29 is 28.2 Å². The number of hydrogen-bond acceptors (Lipinski definition) is 6. The fourth-order valence-corrected chi connectivity index (χ4v) is 6.53. The van der Waals surface area contributed by atoms with Crippen molar-refractivity contribution in [3.63, 3.8) is 0 Å². The lowest BCUT2D eigenvalue weighted by atomic mass is 9.70. The number of nitrogens with zero attached hydrogens (tertiary/aromatic N) is 1. The zero-order chi connectivity index (χ0) is 28.2. The molecule has 2 aromatic rings. The molecule has 39 heavy (non-hydrogen) atoms. The van der Waals surface area contributed by atoms with Crippen molar-refractivity contribution in [2.45, 2.75) is 51.7 Å². The molecule has 1 heterocycles. The maximum atomic E-state index is 11.8. The van der Waals surface area contributed by atoms with Gasteiger partial charge in [0, 0.05) is 18.1 Å². The van der Waals surface area contributed by atoms with Crippen LogP contribution in [0.4, 0.5) is 5.69 Å². The highest BCUT2D eigenvalue weighted by Crippen LogP contribution is 2.40. The number of benzene rings is 2. The zero-order valence-electron chi connectivity index (χ0n) is 22.1. The van der Waals surface area contributed by atoms with E-state index in [4.69, 9.17) is 21.5 Å². The van der Waals surface area contributed by atoms with Gasteiger partial charge in [0.2, 0.25) is 10.0 Å². The molecule has 1 fully saturated rings. The minimum atomic E-state index is -3.59. The molecule has 4 rings (SSSR count). The summed E-state index contributed by atoms with van der Waals surface area (Å²) in [4.78, 5) is 14.0. The van der Waals surface area contributed by atoms with Gasteiger partial charge in [-0.15, -0.1) is 0 Å². The highest BCUT2D eigenvalue weighted by Gasteiger charge is 2.37. The van der Waals surface area contributed by atoms with Crippen LogP contribution in [-0.4, -0.2) is 49.5 Å². The van der Waals surface area contributed by atoms with Crippen molar-refractivity contribution >= 4 is 33.3 Å². The van der Waals surface area contributed by atoms with Gasteiger partial charge < -0.3 is 19.8 Å². The number of rotatable bonds is 8. The lowest BCUT2D eigenvalue weighted by molar-refractivity contribution is 0.0460. The number of allylic oxidation sites excluding steroid dienone is 1. The average Bonchev–Trinajstić information content (AvgIpc) is 2.87. The number of sulfonamides is 1. The van der Waals surface area contributed by atoms with E-state index in [1.807, 2.05) is 18.2 Å². The van der Waals surface area contributed by atoms with E-state index in [1.54, 1.807) is 37.3 Å². The summed E-state index contributed by atoms with van der Waals surface area (Å²) in [6.45, 7) is 3.48. The van der Waals surface area contributed by atoms with E-state index in [9.17, 15) is 23.4 Å². The number of nitrogens with two attached hydrogens (primary N) is 1. The molecule has 0 saturated heterocycles. The monoisotopic (exact) mass is 576 g/mol. The maximum absolute atomic E-state index is 11.8. The number of carbonyl (C=O) groups is 1. The van der Waals surface area contributed by atoms with Gasteiger partial charge in [-0.1, -0.05) is 36.7 Å². The molecule has 1 aliphatic carbocycles. The van der Waals surface area contributed by atoms with Crippen LogP contribution in [0.1, 0.15) is 54.1 Å². The normalized spacial score (nSPS) is 21.6. The Kier molecular flexibility index (Phi) is 9.59. The molecule has 0 aromatic heterocycles. The molecule has 0 radical (unpaired) electrons. The second kappa shape index (κ2) is 12.7. The van der Waals surface area contributed by atoms with Crippen LogP contribution in [0, 0.1) is 17.8 Å². The molecule has 1 saturated carbocycles. The molecule has 2 aromatic carbocycles. The summed E-state index contributed by atoms with van der Waals surface area (Å²) in [6, 6.07) is 10.8. The summed E-state index contributed by atoms with van der Waals surface area (Å²) >= 11 is 6.25. The predicted octanol–water partition coefficient (Wildman–Crippen LogP) is 4.63. The molecule has 0 bridgehead atoms. The number of aliphatic hydroxyl groups excluding tert-OH is 1. The third kappa shape index (κ3) is 7.97. The van der Waals surface area contributed by atoms with Gasteiger partial charge in [0.15, 0.2) is 0 Å². The number of aliphatic hydroxyl groups is 1. The summed E-state index contributed by atoms with van der Waals surface area (Å²) in [5.41, 5.74) is 3.16. The molecule has 2 aliphatic rings. The number of carboxylic acid groups (broad SMARTS) is 1. The Morgan fingerprint density at radius 3 is 2.67 bits per heavy atom. The predicted molar refractivity (Wildman–Crippen MR) is 153 cm³/mol. The van der Waals surface area contributed by atoms with Crippen LogP contribution in [0.25, 0.3) is 0 Å². The first-order valence-electron chi connectivity index (χ1n) is 13.4. The topological polar surface area (TPSA) is 130 Å². The summed E-state index contributed by atoms with van der Waals surface area (Å²) in [5.74, 6) is -0.618. The quantitative estimate of drug-likeness (QED) is 0.391. The first-order chi connectivity index (χ1) is 18.5. The Hall–Kier alpha value is -2.59. The summed E-state index contributed by atoms with van der Waals surface area (Å²) in [5, 5.41) is 26.4. The zero-order valence-corrected chi connectivity index (χ0v) is 23.7. The molecular formula is C29H37ClN2O6S. The minimum Gasteiger partial charge on any atom is -0.487 e. The first-order valence-corrected chi connectivity index (χ1v) is 15.5. The molecule has 0 unspecified atom stereocenters. The van der Waals surface area contributed by atoms with Gasteiger partial charge in [-0.05, 0) is 91.3 Å². The number of hydrogen-bond donors (Lipinski definition) is 3. The van der Waals surface area contributed by atoms with Gasteiger partial charge in [-0.2, -0.15) is 0 Å². The van der Waals surface area contributed by atoms with Gasteiger partial charge in [-0.25, -0.2) is 18.4 Å². The Labute approximate surface area is 235 Å². The molecule has 0 amide bonds. The summed E-state index contributed by atoms with van der Waals surface area (Å²) < 4.78 is 29.0. The lowest BCUT2D eigenvalue weighted by Gasteiger charge is -2.42. The standard InChI is InChI=1S/C29H37ClN2O6S/c1-19(18-39(31,36)37)5-11-27(33)25-10-7-22(25)16-32-13-3-2-4-20-14-24(30)9-6-23(20)17-38-28-12-8-21(29(34)35)15-26(28)32/h5-6,8-9,11-12,14-15,19,22,25,27,33H,2-4,7,10,13,16-18H2,1H3,(H,34,35)(H2,31,36,37)/b11-5+/t19-,22-,25+,27-/m0/s1. The van der Waals surface area contributed by atoms with E-state index in [2.05, 4.69) is 4.90 Å². The van der Waals surface area contributed by atoms with Gasteiger partial charge in [0.25, 0.3) is 0 Å². The number of fused-ring (bicyclic) bond motifs is 2. The number of primary sulfonamides is 1. The van der Waals surface area contributed by atoms with Crippen molar-refractivity contribution in [2.75, 3.05) is 23.7 Å². The van der Waals surface area contributed by atoms with Crippen molar-refractivity contribution in [3.8, 4) is 5.75 Å². The van der Waals surface area contributed by atoms with Crippen LogP contribution in [0.15, 0.2) is 48.6 Å². The van der Waals surface area contributed by atoms with E-state index in [-0.39, 0.29) is 29.1 Å². The molecule has 8 nitrogen and oxygen atoms in total. The summed E-state index contributed by atoms with van der Waals surface area (Å²) in [6.07, 6.45) is 7.21. The van der Waals surface area contributed by atoms with Crippen LogP contribution in [0.3, 0.4) is 0 Å². The van der Waals surface area contributed by atoms with Gasteiger partial charge in [0.05, 0.1) is 23.1 Å². The number of aromatic carboxylic acids is 1. The van der Waals surface area contributed by atoms with E-state index in [1.165, 1.54) is 0 Å². The second-order valence-electron chi connectivity index (χ2n) is 10.8. The van der Waals surface area contributed by atoms with E-state index in [0.29, 0.717) is 23.9 Å². The van der Waals surface area contributed by atoms with Crippen LogP contribution >= 0.6 is 11.6 Å². The Morgan fingerprint density at radius 1 is 1.18 bits per heavy atom. The van der Waals surface area contributed by atoms with E-state index < -0.39 is 22.1 Å². The highest BCUT2D eigenvalue weighted by molar-refractivity contribution is 7.89. The van der Waals surface area contributed by atoms with Gasteiger partial charge in [-0.3, -0.25) is 0 Å². The van der Waals surface area contributed by atoms with Crippen molar-refractivity contribution in [3.05, 3.63) is 70.3 Å². The van der Waals surface area contributed by atoms with Crippen molar-refractivity contribution in [1.82, 2.24) is 0 Å². The van der Waals surface area contributed by atoms with Crippen molar-refractivity contribution in [1.29, 1.82) is 0 Å². The molecular weight excluding hydrogens is 540 g/mol. The Bertz CT molecular complexity index is 1310. The number of aryl methyl sites for hydroxylation is 1. The Morgan fingerprint density at radius 2 is 1.97 bits per heavy atom. The van der Waals surface area contributed by atoms with E-state index >= 15 is 0 Å². The number of anilines is 1. The minimum absolute atomic E-state index is 0.0274. The van der Waals surface area contributed by atoms with Crippen LogP contribution in [0.2, 0.25) is 5.02 Å². The lowest BCUT2D eigenvalue weighted by Crippen LogP contribution is -2.43. The van der Waals surface area contributed by atoms with E-state index in [0.717, 1.165) is 55.5 Å². The third-order valence-corrected chi connectivity index (χ3v) is 8.95. The molecule has 10 heteroatoms. The number of halogens is 1. The third-order valence-electron chi connectivity index (χ3n) is 7.72. The van der Waals surface area contributed by atoms with Crippen molar-refractivity contribution in [2.24, 2.45) is 22.9 Å². The molecule has 212 valence electrons. The number of ether oxygens (including phenoxy) is 1. The van der Waals surface area contributed by atoms with Crippen LogP contribution < -0.4 is 14.8 Å². The first kappa shape index (κ1) is 29.4. The molecule has 1 aliphatic heterocycles. The number of carboxylic acids is 1. The molecule has 4 atom stereocenters. The second-order valence-corrected chi connectivity index (χ2v) is 12.9. The highest BCUT2D eigenvalue weighted by atomic mass is 35.5. The SMILES string of the molecule is C[C@@H](/C=C/[C@H](O)[C@@H]1CC[C@H]1CN1CCCCc2cc(Cl)ccc2COc2ccc(C(=O)O)cc21)CS(N)(=O)=O. The van der Waals surface area contributed by atoms with Crippen LogP contribution in [-0.2, 0) is 23.1 Å². The summed E-state index contributed by atoms with van der Waals surface area (Å²) in [7, 11) is -3.59. The molecule has 4 N–H and O–H groups in total. The van der Waals surface area contributed by atoms with Gasteiger partial charge >= 0.3 is 5.97 Å². The fourth-order valence-electron chi connectivity index (χ4n) is 5.49.